The molecule has 0 bridgehead atoms. The number of carbonyl (C=O) groups excluding carboxylic acids is 1. The number of hydrogen-bond donors (Lipinski definition) is 1. The van der Waals surface area contributed by atoms with Gasteiger partial charge in [0.2, 0.25) is 0 Å². The van der Waals surface area contributed by atoms with E-state index >= 15 is 0 Å². The summed E-state index contributed by atoms with van der Waals surface area (Å²) in [6.07, 6.45) is 7.41. The van der Waals surface area contributed by atoms with Gasteiger partial charge < -0.3 is 15.4 Å². The van der Waals surface area contributed by atoms with E-state index in [4.69, 9.17) is 10.5 Å². The number of guanidine groups is 1. The highest BCUT2D eigenvalue weighted by molar-refractivity contribution is 5.80. The molecule has 1 aliphatic carbocycles. The number of carbonyl (C=O) groups is 1. The highest BCUT2D eigenvalue weighted by atomic mass is 16.5. The van der Waals surface area contributed by atoms with Gasteiger partial charge in [-0.1, -0.05) is 26.2 Å². The van der Waals surface area contributed by atoms with Gasteiger partial charge in [-0.25, -0.2) is 0 Å². The van der Waals surface area contributed by atoms with Crippen LogP contribution in [0.15, 0.2) is 4.99 Å². The normalized spacial score (nSPS) is 23.9. The Hall–Kier alpha value is -1.26. The highest BCUT2D eigenvalue weighted by Gasteiger charge is 2.40. The van der Waals surface area contributed by atoms with Gasteiger partial charge in [-0.2, -0.15) is 0 Å². The van der Waals surface area contributed by atoms with Crippen molar-refractivity contribution < 1.29 is 9.53 Å². The van der Waals surface area contributed by atoms with E-state index < -0.39 is 5.41 Å². The lowest BCUT2D eigenvalue weighted by Crippen LogP contribution is -2.44. The van der Waals surface area contributed by atoms with Gasteiger partial charge in [0.15, 0.2) is 5.96 Å². The Morgan fingerprint density at radius 3 is 2.48 bits per heavy atom. The summed E-state index contributed by atoms with van der Waals surface area (Å²) in [6.45, 7) is 4.69. The van der Waals surface area contributed by atoms with Gasteiger partial charge in [0.25, 0.3) is 0 Å². The largest absolute Gasteiger partial charge is 0.469 e. The van der Waals surface area contributed by atoms with Gasteiger partial charge >= 0.3 is 5.97 Å². The number of ether oxygens (including phenoxy) is 1. The predicted molar refractivity (Wildman–Crippen MR) is 84.0 cm³/mol. The van der Waals surface area contributed by atoms with Crippen molar-refractivity contribution in [3.63, 3.8) is 0 Å². The number of nitrogens with two attached hydrogens (primary N) is 1. The van der Waals surface area contributed by atoms with Crippen molar-refractivity contribution >= 4 is 11.9 Å². The minimum Gasteiger partial charge on any atom is -0.469 e. The van der Waals surface area contributed by atoms with E-state index in [1.807, 2.05) is 0 Å². The predicted octanol–water partition coefficient (Wildman–Crippen LogP) is 2.16. The quantitative estimate of drug-likeness (QED) is 0.492. The number of esters is 1. The van der Waals surface area contributed by atoms with E-state index in [0.717, 1.165) is 44.7 Å². The molecule has 1 saturated heterocycles. The minimum atomic E-state index is -0.444. The molecule has 2 rings (SSSR count). The van der Waals surface area contributed by atoms with E-state index in [0.29, 0.717) is 12.5 Å². The lowest BCUT2D eigenvalue weighted by atomic mass is 9.74. The van der Waals surface area contributed by atoms with E-state index in [9.17, 15) is 4.79 Å². The number of hydrogen-bond acceptors (Lipinski definition) is 3. The van der Waals surface area contributed by atoms with Crippen molar-refractivity contribution in [2.75, 3.05) is 26.7 Å². The van der Waals surface area contributed by atoms with Crippen LogP contribution in [0.25, 0.3) is 0 Å². The van der Waals surface area contributed by atoms with Crippen molar-refractivity contribution in [1.82, 2.24) is 4.90 Å². The monoisotopic (exact) mass is 295 g/mol. The number of likely N-dealkylation sites (tertiary alicyclic amines) is 1. The summed E-state index contributed by atoms with van der Waals surface area (Å²) in [5.74, 6) is 1.25. The fourth-order valence-electron chi connectivity index (χ4n) is 3.44. The molecule has 21 heavy (non-hydrogen) atoms. The smallest absolute Gasteiger partial charge is 0.313 e. The van der Waals surface area contributed by atoms with Crippen molar-refractivity contribution in [2.24, 2.45) is 22.1 Å². The minimum absolute atomic E-state index is 0.119. The molecule has 120 valence electrons. The molecule has 2 N–H and O–H groups in total. The van der Waals surface area contributed by atoms with E-state index in [1.165, 1.54) is 26.4 Å². The third kappa shape index (κ3) is 3.89. The third-order valence-corrected chi connectivity index (χ3v) is 5.08. The van der Waals surface area contributed by atoms with Crippen molar-refractivity contribution in [3.8, 4) is 0 Å². The molecule has 0 aromatic heterocycles. The summed E-state index contributed by atoms with van der Waals surface area (Å²) in [5, 5.41) is 0. The standard InChI is InChI=1S/C16H29N3O2/c1-13-6-10-19(11-7-13)15(17)18-12-16(14(20)21-2)8-4-3-5-9-16/h13H,3-12H2,1-2H3,(H2,17,18). The van der Waals surface area contributed by atoms with Crippen molar-refractivity contribution in [2.45, 2.75) is 51.9 Å². The van der Waals surface area contributed by atoms with Gasteiger partial charge in [0.05, 0.1) is 19.1 Å². The second kappa shape index (κ2) is 7.14. The zero-order valence-electron chi connectivity index (χ0n) is 13.4. The molecule has 0 aromatic rings. The molecule has 0 atom stereocenters. The van der Waals surface area contributed by atoms with Crippen LogP contribution in [0.1, 0.15) is 51.9 Å². The van der Waals surface area contributed by atoms with Crippen LogP contribution < -0.4 is 5.73 Å². The molecule has 1 saturated carbocycles. The zero-order chi connectivity index (χ0) is 15.3. The summed E-state index contributed by atoms with van der Waals surface area (Å²) in [7, 11) is 1.47. The van der Waals surface area contributed by atoms with Gasteiger partial charge in [0, 0.05) is 13.1 Å². The first-order valence-electron chi connectivity index (χ1n) is 8.21. The van der Waals surface area contributed by atoms with Crippen LogP contribution in [0.2, 0.25) is 0 Å². The maximum atomic E-state index is 12.2. The SMILES string of the molecule is COC(=O)C1(CN=C(N)N2CCC(C)CC2)CCCCC1. The number of rotatable bonds is 3. The second-order valence-corrected chi connectivity index (χ2v) is 6.68. The van der Waals surface area contributed by atoms with Crippen LogP contribution in [0.3, 0.4) is 0 Å². The molecular weight excluding hydrogens is 266 g/mol. The maximum Gasteiger partial charge on any atom is 0.313 e. The molecule has 1 heterocycles. The van der Waals surface area contributed by atoms with E-state index in [-0.39, 0.29) is 5.97 Å². The Kier molecular flexibility index (Phi) is 5.48. The number of methoxy groups -OCH3 is 1. The van der Waals surface area contributed by atoms with E-state index in [1.54, 1.807) is 0 Å². The first kappa shape index (κ1) is 16.1. The molecule has 5 nitrogen and oxygen atoms in total. The van der Waals surface area contributed by atoms with Crippen molar-refractivity contribution in [3.05, 3.63) is 0 Å². The topological polar surface area (TPSA) is 67.9 Å². The lowest BCUT2D eigenvalue weighted by molar-refractivity contribution is -0.154. The molecule has 2 aliphatic rings. The fraction of sp³-hybridized carbons (Fsp3) is 0.875. The average Bonchev–Trinajstić information content (AvgIpc) is 2.53. The number of piperidine rings is 1. The Bertz CT molecular complexity index is 381. The lowest BCUT2D eigenvalue weighted by Gasteiger charge is -2.34. The summed E-state index contributed by atoms with van der Waals surface area (Å²) in [6, 6.07) is 0. The molecule has 5 heteroatoms. The molecular formula is C16H29N3O2. The molecule has 0 unspecified atom stereocenters. The van der Waals surface area contributed by atoms with Gasteiger partial charge in [0.1, 0.15) is 0 Å². The Labute approximate surface area is 127 Å². The van der Waals surface area contributed by atoms with Crippen LogP contribution in [0, 0.1) is 11.3 Å². The Morgan fingerprint density at radius 2 is 1.90 bits per heavy atom. The van der Waals surface area contributed by atoms with Crippen LogP contribution in [0.5, 0.6) is 0 Å². The van der Waals surface area contributed by atoms with Gasteiger partial charge in [-0.15, -0.1) is 0 Å². The number of aliphatic imine (C=N–C) groups is 1. The Morgan fingerprint density at radius 1 is 1.29 bits per heavy atom. The molecule has 0 aromatic carbocycles. The molecule has 1 aliphatic heterocycles. The summed E-state index contributed by atoms with van der Waals surface area (Å²) in [4.78, 5) is 18.9. The molecule has 0 radical (unpaired) electrons. The first-order chi connectivity index (χ1) is 10.1. The fourth-order valence-corrected chi connectivity index (χ4v) is 3.44. The van der Waals surface area contributed by atoms with Crippen LogP contribution in [-0.4, -0.2) is 43.6 Å². The van der Waals surface area contributed by atoms with Gasteiger partial charge in [-0.05, 0) is 31.6 Å². The molecule has 0 spiro atoms. The van der Waals surface area contributed by atoms with Gasteiger partial charge in [-0.3, -0.25) is 9.79 Å². The number of nitrogens with zero attached hydrogens (tertiary/aromatic N) is 2. The average molecular weight is 295 g/mol. The summed E-state index contributed by atoms with van der Waals surface area (Å²) >= 11 is 0. The van der Waals surface area contributed by atoms with Crippen LogP contribution in [-0.2, 0) is 9.53 Å². The highest BCUT2D eigenvalue weighted by Crippen LogP contribution is 2.37. The van der Waals surface area contributed by atoms with Crippen LogP contribution >= 0.6 is 0 Å². The summed E-state index contributed by atoms with van der Waals surface area (Å²) < 4.78 is 5.02. The van der Waals surface area contributed by atoms with Crippen LogP contribution in [0.4, 0.5) is 0 Å². The molecule has 0 amide bonds. The molecule has 2 fully saturated rings. The first-order valence-corrected chi connectivity index (χ1v) is 8.21. The summed E-state index contributed by atoms with van der Waals surface area (Å²) in [5.41, 5.74) is 5.69. The zero-order valence-corrected chi connectivity index (χ0v) is 13.4. The Balaban J connectivity index is 1.99. The van der Waals surface area contributed by atoms with Crippen molar-refractivity contribution in [1.29, 1.82) is 0 Å². The maximum absolute atomic E-state index is 12.2. The third-order valence-electron chi connectivity index (χ3n) is 5.08. The van der Waals surface area contributed by atoms with E-state index in [2.05, 4.69) is 16.8 Å². The second-order valence-electron chi connectivity index (χ2n) is 6.68.